The molecule has 0 amide bonds. The van der Waals surface area contributed by atoms with Crippen LogP contribution >= 0.6 is 0 Å². The molecule has 2 saturated heterocycles. The summed E-state index contributed by atoms with van der Waals surface area (Å²) in [6.07, 6.45) is 6.92. The minimum atomic E-state index is -0.0771. The summed E-state index contributed by atoms with van der Waals surface area (Å²) in [4.78, 5) is 0. The van der Waals surface area contributed by atoms with E-state index in [1.165, 1.54) is 0 Å². The second kappa shape index (κ2) is 5.56. The van der Waals surface area contributed by atoms with Gasteiger partial charge < -0.3 is 15.2 Å². The van der Waals surface area contributed by atoms with Crippen molar-refractivity contribution in [3.05, 3.63) is 11.9 Å². The quantitative estimate of drug-likeness (QED) is 0.867. The van der Waals surface area contributed by atoms with Crippen molar-refractivity contribution in [1.82, 2.24) is 15.0 Å². The minimum absolute atomic E-state index is 0.0771. The summed E-state index contributed by atoms with van der Waals surface area (Å²) in [5.74, 6) is 0. The summed E-state index contributed by atoms with van der Waals surface area (Å²) in [7, 11) is 0. The molecular weight excluding hydrogens is 244 g/mol. The summed E-state index contributed by atoms with van der Waals surface area (Å²) in [5, 5.41) is 8.51. The van der Waals surface area contributed by atoms with E-state index in [2.05, 4.69) is 16.5 Å². The molecule has 3 heterocycles. The van der Waals surface area contributed by atoms with Gasteiger partial charge in [0.2, 0.25) is 0 Å². The molecule has 106 valence electrons. The maximum absolute atomic E-state index is 5.95. The number of aryl methyl sites for hydroxylation is 1. The molecular formula is C13H22N4O2. The van der Waals surface area contributed by atoms with Crippen LogP contribution in [0.4, 0.5) is 0 Å². The first-order valence-electron chi connectivity index (χ1n) is 7.14. The lowest BCUT2D eigenvalue weighted by Crippen LogP contribution is -2.41. The highest BCUT2D eigenvalue weighted by Crippen LogP contribution is 2.37. The van der Waals surface area contributed by atoms with Gasteiger partial charge in [-0.2, -0.15) is 0 Å². The van der Waals surface area contributed by atoms with Gasteiger partial charge in [-0.25, -0.2) is 4.68 Å². The number of nitrogens with zero attached hydrogens (tertiary/aromatic N) is 3. The third kappa shape index (κ3) is 2.80. The topological polar surface area (TPSA) is 75.2 Å². The van der Waals surface area contributed by atoms with Crippen LogP contribution in [0, 0.1) is 0 Å². The first-order chi connectivity index (χ1) is 9.31. The Kier molecular flexibility index (Phi) is 3.81. The van der Waals surface area contributed by atoms with Crippen molar-refractivity contribution in [2.24, 2.45) is 5.73 Å². The van der Waals surface area contributed by atoms with E-state index in [0.29, 0.717) is 12.6 Å². The fraction of sp³-hybridized carbons (Fsp3) is 0.846. The fourth-order valence-electron chi connectivity index (χ4n) is 2.98. The third-order valence-corrected chi connectivity index (χ3v) is 4.10. The van der Waals surface area contributed by atoms with Crippen LogP contribution in [0.3, 0.4) is 0 Å². The Morgan fingerprint density at radius 1 is 1.47 bits per heavy atom. The average molecular weight is 266 g/mol. The second-order valence-electron chi connectivity index (χ2n) is 5.56. The van der Waals surface area contributed by atoms with Crippen molar-refractivity contribution in [3.8, 4) is 0 Å². The molecule has 0 radical (unpaired) electrons. The smallest absolute Gasteiger partial charge is 0.0957 e. The average Bonchev–Trinajstić information content (AvgIpc) is 3.06. The Hall–Kier alpha value is -0.980. The number of hydrogen-bond acceptors (Lipinski definition) is 5. The van der Waals surface area contributed by atoms with Crippen molar-refractivity contribution in [3.63, 3.8) is 0 Å². The Morgan fingerprint density at radius 3 is 3.21 bits per heavy atom. The van der Waals surface area contributed by atoms with Crippen LogP contribution < -0.4 is 5.73 Å². The standard InChI is InChI=1S/C13H22N4O2/c14-5-1-2-11-9-17(16-15-11)12-3-6-19-13(8-12)4-7-18-10-13/h9,12H,1-8,10,14H2. The highest BCUT2D eigenvalue weighted by atomic mass is 16.6. The van der Waals surface area contributed by atoms with Crippen molar-refractivity contribution in [2.75, 3.05) is 26.4 Å². The first kappa shape index (κ1) is 13.0. The van der Waals surface area contributed by atoms with Gasteiger partial charge in [-0.05, 0) is 25.8 Å². The first-order valence-corrected chi connectivity index (χ1v) is 7.14. The number of ether oxygens (including phenoxy) is 2. The van der Waals surface area contributed by atoms with Crippen molar-refractivity contribution >= 4 is 0 Å². The zero-order valence-electron chi connectivity index (χ0n) is 11.3. The zero-order valence-corrected chi connectivity index (χ0v) is 11.3. The van der Waals surface area contributed by atoms with Gasteiger partial charge in [-0.15, -0.1) is 5.10 Å². The van der Waals surface area contributed by atoms with Gasteiger partial charge in [0.25, 0.3) is 0 Å². The summed E-state index contributed by atoms with van der Waals surface area (Å²) in [5.41, 5.74) is 6.48. The van der Waals surface area contributed by atoms with Crippen LogP contribution in [0.15, 0.2) is 6.20 Å². The predicted molar refractivity (Wildman–Crippen MR) is 69.8 cm³/mol. The van der Waals surface area contributed by atoms with Crippen LogP contribution in [0.1, 0.15) is 37.4 Å². The maximum Gasteiger partial charge on any atom is 0.0957 e. The van der Waals surface area contributed by atoms with Crippen molar-refractivity contribution in [2.45, 2.75) is 43.7 Å². The Labute approximate surface area is 113 Å². The molecule has 2 atom stereocenters. The van der Waals surface area contributed by atoms with Gasteiger partial charge in [-0.3, -0.25) is 0 Å². The molecule has 0 bridgehead atoms. The van der Waals surface area contributed by atoms with E-state index < -0.39 is 0 Å². The van der Waals surface area contributed by atoms with Crippen molar-refractivity contribution < 1.29 is 9.47 Å². The highest BCUT2D eigenvalue weighted by Gasteiger charge is 2.41. The Balaban J connectivity index is 1.66. The molecule has 0 aliphatic carbocycles. The van der Waals surface area contributed by atoms with E-state index >= 15 is 0 Å². The van der Waals surface area contributed by atoms with Crippen molar-refractivity contribution in [1.29, 1.82) is 0 Å². The van der Waals surface area contributed by atoms with E-state index in [1.54, 1.807) is 0 Å². The molecule has 6 nitrogen and oxygen atoms in total. The van der Waals surface area contributed by atoms with Crippen LogP contribution in [0.2, 0.25) is 0 Å². The van der Waals surface area contributed by atoms with E-state index in [4.69, 9.17) is 15.2 Å². The second-order valence-corrected chi connectivity index (χ2v) is 5.56. The van der Waals surface area contributed by atoms with E-state index in [1.807, 2.05) is 4.68 Å². The zero-order chi connectivity index (χ0) is 13.1. The van der Waals surface area contributed by atoms with Crippen LogP contribution in [-0.2, 0) is 15.9 Å². The lowest BCUT2D eigenvalue weighted by atomic mass is 9.90. The number of nitrogens with two attached hydrogens (primary N) is 1. The van der Waals surface area contributed by atoms with Gasteiger partial charge in [0.1, 0.15) is 0 Å². The predicted octanol–water partition coefficient (Wildman–Crippen LogP) is 0.680. The fourth-order valence-corrected chi connectivity index (χ4v) is 2.98. The van der Waals surface area contributed by atoms with E-state index in [0.717, 1.165) is 57.6 Å². The number of rotatable bonds is 4. The molecule has 2 fully saturated rings. The molecule has 0 saturated carbocycles. The lowest BCUT2D eigenvalue weighted by Gasteiger charge is -2.36. The lowest BCUT2D eigenvalue weighted by molar-refractivity contribution is -0.0964. The van der Waals surface area contributed by atoms with E-state index in [9.17, 15) is 0 Å². The highest BCUT2D eigenvalue weighted by molar-refractivity contribution is 4.97. The molecule has 2 aliphatic rings. The number of hydrogen-bond donors (Lipinski definition) is 1. The van der Waals surface area contributed by atoms with Crippen LogP contribution in [-0.4, -0.2) is 47.0 Å². The summed E-state index contributed by atoms with van der Waals surface area (Å²) in [6, 6.07) is 0.384. The molecule has 3 rings (SSSR count). The largest absolute Gasteiger partial charge is 0.378 e. The molecule has 0 aromatic carbocycles. The summed E-state index contributed by atoms with van der Waals surface area (Å²) in [6.45, 7) is 3.01. The summed E-state index contributed by atoms with van der Waals surface area (Å²) >= 11 is 0. The molecule has 1 spiro atoms. The maximum atomic E-state index is 5.95. The van der Waals surface area contributed by atoms with Gasteiger partial charge >= 0.3 is 0 Å². The molecule has 6 heteroatoms. The van der Waals surface area contributed by atoms with Gasteiger partial charge in [0.15, 0.2) is 0 Å². The van der Waals surface area contributed by atoms with Crippen LogP contribution in [0.5, 0.6) is 0 Å². The van der Waals surface area contributed by atoms with Crippen LogP contribution in [0.25, 0.3) is 0 Å². The monoisotopic (exact) mass is 266 g/mol. The van der Waals surface area contributed by atoms with Gasteiger partial charge in [0.05, 0.1) is 23.9 Å². The summed E-state index contributed by atoms with van der Waals surface area (Å²) < 4.78 is 13.5. The normalized spacial score (nSPS) is 31.1. The van der Waals surface area contributed by atoms with Gasteiger partial charge in [0, 0.05) is 32.3 Å². The molecule has 19 heavy (non-hydrogen) atoms. The number of aromatic nitrogens is 3. The molecule has 1 aromatic rings. The molecule has 2 aliphatic heterocycles. The molecule has 2 unspecified atom stereocenters. The third-order valence-electron chi connectivity index (χ3n) is 4.10. The minimum Gasteiger partial charge on any atom is -0.378 e. The molecule has 2 N–H and O–H groups in total. The molecule has 1 aromatic heterocycles. The SMILES string of the molecule is NCCCc1cn(C2CCOC3(CCOC3)C2)nn1. The van der Waals surface area contributed by atoms with Gasteiger partial charge in [-0.1, -0.05) is 5.21 Å². The Bertz CT molecular complexity index is 415. The van der Waals surface area contributed by atoms with E-state index in [-0.39, 0.29) is 5.60 Å². The Morgan fingerprint density at radius 2 is 2.42 bits per heavy atom.